The molecule has 6 nitrogen and oxygen atoms in total. The monoisotopic (exact) mass is 390 g/mol. The van der Waals surface area contributed by atoms with Crippen LogP contribution in [0.5, 0.6) is 17.2 Å². The number of rotatable bonds is 9. The summed E-state index contributed by atoms with van der Waals surface area (Å²) < 4.78 is 16.4. The van der Waals surface area contributed by atoms with Crippen LogP contribution in [0.25, 0.3) is 0 Å². The second kappa shape index (κ2) is 10.4. The molecule has 1 amide bonds. The number of hydrazone groups is 1. The zero-order valence-corrected chi connectivity index (χ0v) is 16.4. The molecule has 0 saturated carbocycles. The number of amides is 1. The van der Waals surface area contributed by atoms with Gasteiger partial charge in [0.05, 0.1) is 26.5 Å². The van der Waals surface area contributed by atoms with Gasteiger partial charge in [-0.3, -0.25) is 4.79 Å². The number of benzene rings is 2. The number of ether oxygens (including phenoxy) is 3. The summed E-state index contributed by atoms with van der Waals surface area (Å²) >= 11 is 6.01. The smallest absolute Gasteiger partial charge is 0.271 e. The Morgan fingerprint density at radius 3 is 2.59 bits per heavy atom. The van der Waals surface area contributed by atoms with E-state index in [1.54, 1.807) is 36.4 Å². The van der Waals surface area contributed by atoms with Crippen LogP contribution in [0.1, 0.15) is 36.2 Å². The fourth-order valence-corrected chi connectivity index (χ4v) is 2.45. The van der Waals surface area contributed by atoms with Crippen LogP contribution < -0.4 is 19.6 Å². The van der Waals surface area contributed by atoms with E-state index in [-0.39, 0.29) is 5.91 Å². The summed E-state index contributed by atoms with van der Waals surface area (Å²) in [5.41, 5.74) is 3.56. The third kappa shape index (κ3) is 5.89. The molecule has 0 aromatic heterocycles. The molecule has 0 bridgehead atoms. The van der Waals surface area contributed by atoms with Crippen LogP contribution in [0.4, 0.5) is 0 Å². The van der Waals surface area contributed by atoms with E-state index in [4.69, 9.17) is 25.8 Å². The zero-order valence-electron chi connectivity index (χ0n) is 15.6. The van der Waals surface area contributed by atoms with Gasteiger partial charge in [-0.15, -0.1) is 0 Å². The van der Waals surface area contributed by atoms with E-state index in [1.165, 1.54) is 13.3 Å². The van der Waals surface area contributed by atoms with E-state index in [0.717, 1.165) is 6.42 Å². The van der Waals surface area contributed by atoms with Crippen molar-refractivity contribution in [1.82, 2.24) is 5.43 Å². The maximum Gasteiger partial charge on any atom is 0.271 e. The molecule has 2 rings (SSSR count). The van der Waals surface area contributed by atoms with Crippen molar-refractivity contribution in [2.75, 3.05) is 20.3 Å². The normalized spacial score (nSPS) is 10.7. The van der Waals surface area contributed by atoms with Gasteiger partial charge in [-0.2, -0.15) is 5.10 Å². The van der Waals surface area contributed by atoms with E-state index in [0.29, 0.717) is 46.6 Å². The number of hydrogen-bond acceptors (Lipinski definition) is 5. The molecule has 1 N–H and O–H groups in total. The van der Waals surface area contributed by atoms with Crippen molar-refractivity contribution in [2.45, 2.75) is 20.3 Å². The van der Waals surface area contributed by atoms with Gasteiger partial charge in [-0.25, -0.2) is 5.43 Å². The molecular formula is C20H23ClN2O4. The lowest BCUT2D eigenvalue weighted by Gasteiger charge is -2.11. The lowest BCUT2D eigenvalue weighted by Crippen LogP contribution is -2.17. The van der Waals surface area contributed by atoms with Crippen molar-refractivity contribution in [2.24, 2.45) is 5.10 Å². The van der Waals surface area contributed by atoms with Crippen LogP contribution in [0.3, 0.4) is 0 Å². The van der Waals surface area contributed by atoms with Gasteiger partial charge >= 0.3 is 0 Å². The van der Waals surface area contributed by atoms with Crippen molar-refractivity contribution in [3.63, 3.8) is 0 Å². The average Bonchev–Trinajstić information content (AvgIpc) is 2.68. The minimum atomic E-state index is -0.369. The number of nitrogens with zero attached hydrogens (tertiary/aromatic N) is 1. The lowest BCUT2D eigenvalue weighted by atomic mass is 10.2. The molecule has 27 heavy (non-hydrogen) atoms. The molecule has 0 saturated heterocycles. The highest BCUT2D eigenvalue weighted by atomic mass is 35.5. The first-order chi connectivity index (χ1) is 13.1. The SMILES string of the molecule is CCCOc1ccc(C(=O)N/N=C/c2cc(Cl)ccc2OCC)cc1OC. The Labute approximate surface area is 164 Å². The number of nitrogens with one attached hydrogen (secondary N) is 1. The predicted octanol–water partition coefficient (Wildman–Crippen LogP) is 4.30. The first kappa shape index (κ1) is 20.6. The molecule has 7 heteroatoms. The van der Waals surface area contributed by atoms with Gasteiger partial charge in [0.1, 0.15) is 5.75 Å². The topological polar surface area (TPSA) is 69.2 Å². The Morgan fingerprint density at radius 2 is 1.89 bits per heavy atom. The first-order valence-corrected chi connectivity index (χ1v) is 9.03. The highest BCUT2D eigenvalue weighted by Gasteiger charge is 2.11. The molecule has 2 aromatic rings. The van der Waals surface area contributed by atoms with Gasteiger partial charge in [0.2, 0.25) is 0 Å². The van der Waals surface area contributed by atoms with Crippen LogP contribution in [0.2, 0.25) is 5.02 Å². The van der Waals surface area contributed by atoms with Crippen molar-refractivity contribution >= 4 is 23.7 Å². The van der Waals surface area contributed by atoms with E-state index in [1.807, 2.05) is 13.8 Å². The molecule has 2 aromatic carbocycles. The molecule has 0 fully saturated rings. The van der Waals surface area contributed by atoms with Gasteiger partial charge in [0, 0.05) is 16.1 Å². The first-order valence-electron chi connectivity index (χ1n) is 8.65. The number of hydrogen-bond donors (Lipinski definition) is 1. The van der Waals surface area contributed by atoms with Crippen molar-refractivity contribution < 1.29 is 19.0 Å². The largest absolute Gasteiger partial charge is 0.493 e. The summed E-state index contributed by atoms with van der Waals surface area (Å²) in [6.45, 7) is 5.00. The second-order valence-corrected chi connectivity index (χ2v) is 5.96. The van der Waals surface area contributed by atoms with E-state index >= 15 is 0 Å². The maximum atomic E-state index is 12.3. The fraction of sp³-hybridized carbons (Fsp3) is 0.300. The molecule has 0 aliphatic rings. The van der Waals surface area contributed by atoms with Crippen molar-refractivity contribution in [3.05, 3.63) is 52.5 Å². The Hall–Kier alpha value is -2.73. The minimum Gasteiger partial charge on any atom is -0.493 e. The molecule has 0 heterocycles. The van der Waals surface area contributed by atoms with E-state index in [9.17, 15) is 4.79 Å². The molecular weight excluding hydrogens is 368 g/mol. The predicted molar refractivity (Wildman–Crippen MR) is 106 cm³/mol. The third-order valence-electron chi connectivity index (χ3n) is 3.53. The second-order valence-electron chi connectivity index (χ2n) is 5.53. The van der Waals surface area contributed by atoms with Gasteiger partial charge < -0.3 is 14.2 Å². The average molecular weight is 391 g/mol. The minimum absolute atomic E-state index is 0.369. The summed E-state index contributed by atoms with van der Waals surface area (Å²) in [4.78, 5) is 12.3. The number of carbonyl (C=O) groups excluding carboxylic acids is 1. The van der Waals surface area contributed by atoms with E-state index < -0.39 is 0 Å². The summed E-state index contributed by atoms with van der Waals surface area (Å²) in [5.74, 6) is 1.36. The standard InChI is InChI=1S/C20H23ClN2O4/c1-4-10-27-18-8-6-14(12-19(18)25-3)20(24)23-22-13-15-11-16(21)7-9-17(15)26-5-2/h6-9,11-13H,4-5,10H2,1-3H3,(H,23,24)/b22-13+. The van der Waals surface area contributed by atoms with Crippen molar-refractivity contribution in [1.29, 1.82) is 0 Å². The molecule has 0 spiro atoms. The Bertz CT molecular complexity index is 809. The number of methoxy groups -OCH3 is 1. The zero-order chi connectivity index (χ0) is 19.6. The molecule has 0 radical (unpaired) electrons. The van der Waals surface area contributed by atoms with Gasteiger partial charge in [0.15, 0.2) is 11.5 Å². The summed E-state index contributed by atoms with van der Waals surface area (Å²) in [6.07, 6.45) is 2.37. The van der Waals surface area contributed by atoms with Crippen LogP contribution in [0, 0.1) is 0 Å². The van der Waals surface area contributed by atoms with Gasteiger partial charge in [-0.05, 0) is 49.7 Å². The highest BCUT2D eigenvalue weighted by molar-refractivity contribution is 6.30. The van der Waals surface area contributed by atoms with Gasteiger partial charge in [-0.1, -0.05) is 18.5 Å². The number of halogens is 1. The molecule has 0 unspecified atom stereocenters. The third-order valence-corrected chi connectivity index (χ3v) is 3.76. The Morgan fingerprint density at radius 1 is 1.11 bits per heavy atom. The quantitative estimate of drug-likeness (QED) is 0.512. The van der Waals surface area contributed by atoms with Crippen LogP contribution in [-0.4, -0.2) is 32.4 Å². The van der Waals surface area contributed by atoms with E-state index in [2.05, 4.69) is 10.5 Å². The van der Waals surface area contributed by atoms with Crippen molar-refractivity contribution in [3.8, 4) is 17.2 Å². The van der Waals surface area contributed by atoms with Crippen LogP contribution in [-0.2, 0) is 0 Å². The summed E-state index contributed by atoms with van der Waals surface area (Å²) in [6, 6.07) is 10.2. The fourth-order valence-electron chi connectivity index (χ4n) is 2.27. The Kier molecular flexibility index (Phi) is 7.95. The lowest BCUT2D eigenvalue weighted by molar-refractivity contribution is 0.0954. The molecule has 0 aliphatic carbocycles. The summed E-state index contributed by atoms with van der Waals surface area (Å²) in [7, 11) is 1.53. The van der Waals surface area contributed by atoms with Crippen LogP contribution in [0.15, 0.2) is 41.5 Å². The molecule has 0 atom stereocenters. The highest BCUT2D eigenvalue weighted by Crippen LogP contribution is 2.28. The number of carbonyl (C=O) groups is 1. The molecule has 0 aliphatic heterocycles. The maximum absolute atomic E-state index is 12.3. The molecule has 144 valence electrons. The Balaban J connectivity index is 2.09. The van der Waals surface area contributed by atoms with Gasteiger partial charge in [0.25, 0.3) is 5.91 Å². The van der Waals surface area contributed by atoms with Crippen LogP contribution >= 0.6 is 11.6 Å². The summed E-state index contributed by atoms with van der Waals surface area (Å²) in [5, 5.41) is 4.55.